The van der Waals surface area contributed by atoms with Gasteiger partial charge in [0.1, 0.15) is 5.75 Å². The van der Waals surface area contributed by atoms with Crippen LogP contribution in [0.3, 0.4) is 0 Å². The highest BCUT2D eigenvalue weighted by Crippen LogP contribution is 2.34. The zero-order valence-electron chi connectivity index (χ0n) is 20.9. The lowest BCUT2D eigenvalue weighted by Crippen LogP contribution is -2.39. The normalized spacial score (nSPS) is 15.3. The van der Waals surface area contributed by atoms with Crippen LogP contribution in [0.1, 0.15) is 44.9 Å². The molecule has 0 unspecified atom stereocenters. The third kappa shape index (κ3) is 5.27. The number of phenols is 1. The van der Waals surface area contributed by atoms with Gasteiger partial charge in [0, 0.05) is 16.1 Å². The molecule has 2 heterocycles. The number of ether oxygens (including phenoxy) is 2. The third-order valence-corrected chi connectivity index (χ3v) is 7.09. The Bertz CT molecular complexity index is 1640. The molecule has 4 rings (SSSR count). The van der Waals surface area contributed by atoms with Crippen LogP contribution < -0.4 is 19.6 Å². The molecule has 0 fully saturated rings. The second kappa shape index (κ2) is 10.9. The van der Waals surface area contributed by atoms with Crippen LogP contribution in [0.2, 0.25) is 0 Å². The fraction of sp³-hybridized carbons (Fsp3) is 0.269. The number of nitro benzene ring substituents is 1. The average Bonchev–Trinajstić information content (AvgIpc) is 3.14. The molecule has 1 N–H and O–H groups in total. The van der Waals surface area contributed by atoms with E-state index in [1.54, 1.807) is 38.1 Å². The van der Waals surface area contributed by atoms with E-state index >= 15 is 0 Å². The summed E-state index contributed by atoms with van der Waals surface area (Å²) in [4.78, 5) is 42.2. The van der Waals surface area contributed by atoms with Crippen molar-refractivity contribution in [2.75, 3.05) is 6.61 Å². The maximum Gasteiger partial charge on any atom is 0.338 e. The Morgan fingerprint density at radius 3 is 2.61 bits per heavy atom. The maximum atomic E-state index is 13.7. The molecule has 0 radical (unpaired) electrons. The smallest absolute Gasteiger partial charge is 0.338 e. The Morgan fingerprint density at radius 2 is 2.00 bits per heavy atom. The van der Waals surface area contributed by atoms with Crippen LogP contribution in [0.5, 0.6) is 11.5 Å². The number of esters is 1. The number of carbonyl (C=O) groups is 1. The molecule has 1 aromatic heterocycles. The van der Waals surface area contributed by atoms with Gasteiger partial charge >= 0.3 is 11.7 Å². The zero-order valence-corrected chi connectivity index (χ0v) is 23.3. The second-order valence-corrected chi connectivity index (χ2v) is 10.6. The second-order valence-electron chi connectivity index (χ2n) is 8.66. The summed E-state index contributed by atoms with van der Waals surface area (Å²) in [6, 6.07) is 8.91. The highest BCUT2D eigenvalue weighted by atomic mass is 79.9. The molecule has 0 spiro atoms. The van der Waals surface area contributed by atoms with Crippen molar-refractivity contribution in [2.45, 2.75) is 39.8 Å². The number of thiazole rings is 1. The molecule has 0 amide bonds. The maximum absolute atomic E-state index is 13.7. The van der Waals surface area contributed by atoms with E-state index in [1.807, 2.05) is 13.8 Å². The zero-order chi connectivity index (χ0) is 27.7. The molecule has 0 saturated carbocycles. The molecular weight excluding hydrogens is 578 g/mol. The van der Waals surface area contributed by atoms with Gasteiger partial charge in [0.05, 0.1) is 39.5 Å². The SMILES string of the molecule is CCOC(=O)C1=C(C)N=c2s/c(=C\c3cc(Br)cc([N+](=O)[O-])c3O)c(=O)n2[C@H]1c1ccc(OC(C)C)cc1. The Balaban J connectivity index is 1.94. The fourth-order valence-electron chi connectivity index (χ4n) is 4.10. The number of aromatic hydroxyl groups is 1. The molecule has 38 heavy (non-hydrogen) atoms. The molecule has 0 bridgehead atoms. The van der Waals surface area contributed by atoms with Crippen LogP contribution >= 0.6 is 27.3 Å². The molecule has 1 atom stereocenters. The van der Waals surface area contributed by atoms with E-state index in [4.69, 9.17) is 9.47 Å². The van der Waals surface area contributed by atoms with Crippen molar-refractivity contribution in [3.8, 4) is 11.5 Å². The Hall–Kier alpha value is -3.77. The first-order valence-corrected chi connectivity index (χ1v) is 13.3. The number of aromatic nitrogens is 1. The number of fused-ring (bicyclic) bond motifs is 1. The first-order chi connectivity index (χ1) is 18.0. The first kappa shape index (κ1) is 27.3. The first-order valence-electron chi connectivity index (χ1n) is 11.6. The van der Waals surface area contributed by atoms with Crippen molar-refractivity contribution < 1.29 is 24.3 Å². The Labute approximate surface area is 229 Å². The van der Waals surface area contributed by atoms with Gasteiger partial charge in [0.15, 0.2) is 4.80 Å². The van der Waals surface area contributed by atoms with E-state index in [0.717, 1.165) is 11.3 Å². The molecule has 1 aliphatic heterocycles. The van der Waals surface area contributed by atoms with Crippen molar-refractivity contribution in [3.05, 3.63) is 93.1 Å². The molecule has 198 valence electrons. The molecule has 0 saturated heterocycles. The Kier molecular flexibility index (Phi) is 7.83. The number of rotatable bonds is 7. The molecule has 10 nitrogen and oxygen atoms in total. The number of halogens is 1. The van der Waals surface area contributed by atoms with Crippen molar-refractivity contribution in [1.29, 1.82) is 0 Å². The lowest BCUT2D eigenvalue weighted by atomic mass is 9.96. The lowest BCUT2D eigenvalue weighted by molar-refractivity contribution is -0.385. The number of nitrogens with zero attached hydrogens (tertiary/aromatic N) is 3. The van der Waals surface area contributed by atoms with E-state index in [-0.39, 0.29) is 28.4 Å². The number of nitro groups is 1. The van der Waals surface area contributed by atoms with Gasteiger partial charge in [0.25, 0.3) is 5.56 Å². The van der Waals surface area contributed by atoms with Gasteiger partial charge in [-0.05, 0) is 57.5 Å². The summed E-state index contributed by atoms with van der Waals surface area (Å²) in [5, 5.41) is 21.8. The summed E-state index contributed by atoms with van der Waals surface area (Å²) in [5.41, 5.74) is 0.392. The largest absolute Gasteiger partial charge is 0.502 e. The average molecular weight is 602 g/mol. The van der Waals surface area contributed by atoms with Crippen molar-refractivity contribution >= 4 is 45.0 Å². The molecule has 12 heteroatoms. The summed E-state index contributed by atoms with van der Waals surface area (Å²) < 4.78 is 13.0. The quantitative estimate of drug-likeness (QED) is 0.246. The van der Waals surface area contributed by atoms with Gasteiger partial charge in [-0.15, -0.1) is 0 Å². The number of carbonyl (C=O) groups excluding carboxylic acids is 1. The highest BCUT2D eigenvalue weighted by molar-refractivity contribution is 9.10. The minimum atomic E-state index is -0.828. The van der Waals surface area contributed by atoms with Gasteiger partial charge in [-0.1, -0.05) is 39.4 Å². The van der Waals surface area contributed by atoms with Crippen LogP contribution in [-0.2, 0) is 9.53 Å². The number of hydrogen-bond acceptors (Lipinski definition) is 9. The summed E-state index contributed by atoms with van der Waals surface area (Å²) in [7, 11) is 0. The van der Waals surface area contributed by atoms with Crippen molar-refractivity contribution in [2.24, 2.45) is 4.99 Å². The number of benzene rings is 2. The summed E-state index contributed by atoms with van der Waals surface area (Å²) in [6.07, 6.45) is 1.35. The molecular formula is C26H24BrN3O7S. The standard InChI is InChI=1S/C26H24BrN3O7S/c1-5-36-25(33)21-14(4)28-26-29(22(21)15-6-8-18(9-7-15)37-13(2)3)24(32)20(38-26)11-16-10-17(27)12-19(23(16)31)30(34)35/h6-13,22,31H,5H2,1-4H3/b20-11-/t22-/m0/s1. The minimum absolute atomic E-state index is 0.0268. The minimum Gasteiger partial charge on any atom is -0.502 e. The van der Waals surface area contributed by atoms with Crippen LogP contribution in [0, 0.1) is 10.1 Å². The van der Waals surface area contributed by atoms with Crippen LogP contribution in [0.15, 0.2) is 61.9 Å². The van der Waals surface area contributed by atoms with E-state index in [9.17, 15) is 24.8 Å². The summed E-state index contributed by atoms with van der Waals surface area (Å²) in [6.45, 7) is 7.34. The molecule has 0 aliphatic carbocycles. The van der Waals surface area contributed by atoms with Gasteiger partial charge in [-0.25, -0.2) is 9.79 Å². The van der Waals surface area contributed by atoms with Gasteiger partial charge in [-0.3, -0.25) is 19.5 Å². The van der Waals surface area contributed by atoms with E-state index < -0.39 is 33.9 Å². The van der Waals surface area contributed by atoms with Gasteiger partial charge in [-0.2, -0.15) is 0 Å². The number of hydrogen-bond donors (Lipinski definition) is 1. The van der Waals surface area contributed by atoms with Crippen LogP contribution in [0.25, 0.3) is 6.08 Å². The van der Waals surface area contributed by atoms with E-state index in [2.05, 4.69) is 20.9 Å². The van der Waals surface area contributed by atoms with E-state index in [0.29, 0.717) is 26.3 Å². The Morgan fingerprint density at radius 1 is 1.32 bits per heavy atom. The topological polar surface area (TPSA) is 133 Å². The summed E-state index contributed by atoms with van der Waals surface area (Å²) >= 11 is 4.26. The number of allylic oxidation sites excluding steroid dienone is 1. The van der Waals surface area contributed by atoms with Gasteiger partial charge < -0.3 is 14.6 Å². The number of phenolic OH excluding ortho intramolecular Hbond substituents is 1. The highest BCUT2D eigenvalue weighted by Gasteiger charge is 2.33. The third-order valence-electron chi connectivity index (χ3n) is 5.65. The lowest BCUT2D eigenvalue weighted by Gasteiger charge is -2.25. The van der Waals surface area contributed by atoms with Crippen molar-refractivity contribution in [1.82, 2.24) is 4.57 Å². The predicted molar refractivity (Wildman–Crippen MR) is 145 cm³/mol. The molecule has 2 aromatic carbocycles. The van der Waals surface area contributed by atoms with Gasteiger partial charge in [0.2, 0.25) is 5.75 Å². The predicted octanol–water partition coefficient (Wildman–Crippen LogP) is 3.96. The fourth-order valence-corrected chi connectivity index (χ4v) is 5.60. The summed E-state index contributed by atoms with van der Waals surface area (Å²) in [5.74, 6) is -0.512. The monoisotopic (exact) mass is 601 g/mol. The van der Waals surface area contributed by atoms with Crippen LogP contribution in [0.4, 0.5) is 5.69 Å². The van der Waals surface area contributed by atoms with E-state index in [1.165, 1.54) is 22.8 Å². The van der Waals surface area contributed by atoms with Crippen molar-refractivity contribution in [3.63, 3.8) is 0 Å². The van der Waals surface area contributed by atoms with Crippen LogP contribution in [-0.4, -0.2) is 33.3 Å². The molecule has 3 aromatic rings. The molecule has 1 aliphatic rings.